The lowest BCUT2D eigenvalue weighted by atomic mass is 9.69. The van der Waals surface area contributed by atoms with Crippen LogP contribution in [0.25, 0.3) is 0 Å². The normalized spacial score (nSPS) is 45.4. The van der Waals surface area contributed by atoms with Crippen molar-refractivity contribution < 1.29 is 4.79 Å². The molecule has 0 saturated heterocycles. The average Bonchev–Trinajstić information content (AvgIpc) is 2.52. The van der Waals surface area contributed by atoms with E-state index in [1.807, 2.05) is 0 Å². The second-order valence-electron chi connectivity index (χ2n) is 3.90. The fourth-order valence-electron chi connectivity index (χ4n) is 2.52. The fraction of sp³-hybridized carbons (Fsp3) is 0.667. The summed E-state index contributed by atoms with van der Waals surface area (Å²) in [6.45, 7) is 0. The number of carbonyl (C=O) groups is 1. The Balaban J connectivity index is 2.02. The van der Waals surface area contributed by atoms with Crippen molar-refractivity contribution in [3.63, 3.8) is 0 Å². The van der Waals surface area contributed by atoms with Gasteiger partial charge in [-0.2, -0.15) is 0 Å². The van der Waals surface area contributed by atoms with E-state index in [9.17, 15) is 4.79 Å². The molecule has 0 aliphatic heterocycles. The standard InChI is InChI=1S/C9H10O/c10-7-5-6-1-2-9(3-4-9)8(6)7/h1-2,6,8H,3-5H2. The zero-order chi connectivity index (χ0) is 6.77. The molecule has 0 heterocycles. The van der Waals surface area contributed by atoms with Crippen LogP contribution in [0.4, 0.5) is 0 Å². The van der Waals surface area contributed by atoms with Crippen molar-refractivity contribution in [1.29, 1.82) is 0 Å². The molecule has 0 aromatic rings. The second-order valence-corrected chi connectivity index (χ2v) is 3.90. The monoisotopic (exact) mass is 134 g/mol. The molecule has 2 fully saturated rings. The molecule has 2 unspecified atom stereocenters. The minimum absolute atomic E-state index is 0.403. The minimum atomic E-state index is 0.403. The van der Waals surface area contributed by atoms with Crippen LogP contribution in [0.15, 0.2) is 12.2 Å². The van der Waals surface area contributed by atoms with Gasteiger partial charge in [-0.25, -0.2) is 0 Å². The molecule has 0 bridgehead atoms. The maximum Gasteiger partial charge on any atom is 0.138 e. The number of fused-ring (bicyclic) bond motifs is 2. The number of carbonyl (C=O) groups excluding carboxylic acids is 1. The molecule has 0 aromatic heterocycles. The van der Waals surface area contributed by atoms with E-state index in [-0.39, 0.29) is 0 Å². The number of hydrogen-bond donors (Lipinski definition) is 0. The van der Waals surface area contributed by atoms with Gasteiger partial charge in [0.05, 0.1) is 0 Å². The van der Waals surface area contributed by atoms with Crippen molar-refractivity contribution in [2.24, 2.45) is 17.3 Å². The Morgan fingerprint density at radius 3 is 2.80 bits per heavy atom. The largest absolute Gasteiger partial charge is 0.299 e. The maximum atomic E-state index is 11.1. The smallest absolute Gasteiger partial charge is 0.138 e. The molecule has 0 N–H and O–H groups in total. The average molecular weight is 134 g/mol. The number of ketones is 1. The molecule has 0 amide bonds. The van der Waals surface area contributed by atoms with Gasteiger partial charge in [0, 0.05) is 12.3 Å². The topological polar surface area (TPSA) is 17.1 Å². The van der Waals surface area contributed by atoms with Crippen molar-refractivity contribution in [3.05, 3.63) is 12.2 Å². The third-order valence-corrected chi connectivity index (χ3v) is 3.33. The Bertz CT molecular complexity index is 235. The van der Waals surface area contributed by atoms with E-state index in [2.05, 4.69) is 12.2 Å². The summed E-state index contributed by atoms with van der Waals surface area (Å²) in [5.41, 5.74) is 0.403. The van der Waals surface area contributed by atoms with E-state index in [1.165, 1.54) is 12.8 Å². The zero-order valence-corrected chi connectivity index (χ0v) is 5.84. The highest BCUT2D eigenvalue weighted by Gasteiger charge is 2.60. The van der Waals surface area contributed by atoms with E-state index in [1.54, 1.807) is 0 Å². The Hall–Kier alpha value is -0.590. The Morgan fingerprint density at radius 1 is 1.50 bits per heavy atom. The summed E-state index contributed by atoms with van der Waals surface area (Å²) in [7, 11) is 0. The van der Waals surface area contributed by atoms with Gasteiger partial charge in [-0.3, -0.25) is 4.79 Å². The number of Topliss-reactive ketones (excluding diaryl/α,β-unsaturated/α-hetero) is 1. The van der Waals surface area contributed by atoms with Crippen LogP contribution in [0.2, 0.25) is 0 Å². The lowest BCUT2D eigenvalue weighted by Crippen LogP contribution is -2.37. The molecule has 1 heteroatoms. The van der Waals surface area contributed by atoms with E-state index in [0.717, 1.165) is 6.42 Å². The molecular formula is C9H10O. The molecule has 0 aromatic carbocycles. The zero-order valence-electron chi connectivity index (χ0n) is 5.84. The highest BCUT2D eigenvalue weighted by Crippen LogP contribution is 2.64. The van der Waals surface area contributed by atoms with E-state index < -0.39 is 0 Å². The van der Waals surface area contributed by atoms with E-state index in [4.69, 9.17) is 0 Å². The molecule has 3 aliphatic rings. The van der Waals surface area contributed by atoms with Crippen molar-refractivity contribution in [2.45, 2.75) is 19.3 Å². The Kier molecular flexibility index (Phi) is 0.627. The SMILES string of the molecule is O=C1CC2C=CC3(CC3)C12. The maximum absolute atomic E-state index is 11.1. The van der Waals surface area contributed by atoms with Crippen molar-refractivity contribution >= 4 is 5.78 Å². The van der Waals surface area contributed by atoms with Crippen LogP contribution in [0.3, 0.4) is 0 Å². The van der Waals surface area contributed by atoms with Gasteiger partial charge >= 0.3 is 0 Å². The first-order valence-electron chi connectivity index (χ1n) is 4.04. The van der Waals surface area contributed by atoms with Crippen molar-refractivity contribution in [3.8, 4) is 0 Å². The van der Waals surface area contributed by atoms with Crippen LogP contribution in [-0.4, -0.2) is 5.78 Å². The number of allylic oxidation sites excluding steroid dienone is 2. The predicted molar refractivity (Wildman–Crippen MR) is 37.4 cm³/mol. The van der Waals surface area contributed by atoms with Gasteiger partial charge < -0.3 is 0 Å². The second kappa shape index (κ2) is 1.23. The molecule has 52 valence electrons. The quantitative estimate of drug-likeness (QED) is 0.459. The highest BCUT2D eigenvalue weighted by molar-refractivity contribution is 5.90. The summed E-state index contributed by atoms with van der Waals surface area (Å²) in [5.74, 6) is 1.61. The number of hydrogen-bond acceptors (Lipinski definition) is 1. The molecule has 1 nitrogen and oxygen atoms in total. The van der Waals surface area contributed by atoms with Gasteiger partial charge in [0.1, 0.15) is 5.78 Å². The molecule has 10 heavy (non-hydrogen) atoms. The summed E-state index contributed by atoms with van der Waals surface area (Å²) >= 11 is 0. The predicted octanol–water partition coefficient (Wildman–Crippen LogP) is 1.54. The lowest BCUT2D eigenvalue weighted by molar-refractivity contribution is -0.133. The van der Waals surface area contributed by atoms with Crippen molar-refractivity contribution in [2.75, 3.05) is 0 Å². The van der Waals surface area contributed by atoms with Crippen LogP contribution in [0, 0.1) is 17.3 Å². The number of rotatable bonds is 0. The van der Waals surface area contributed by atoms with Gasteiger partial charge in [-0.05, 0) is 24.2 Å². The van der Waals surface area contributed by atoms with E-state index >= 15 is 0 Å². The Morgan fingerprint density at radius 2 is 2.30 bits per heavy atom. The van der Waals surface area contributed by atoms with Crippen LogP contribution < -0.4 is 0 Å². The van der Waals surface area contributed by atoms with Gasteiger partial charge in [0.2, 0.25) is 0 Å². The summed E-state index contributed by atoms with van der Waals surface area (Å²) in [4.78, 5) is 11.1. The van der Waals surface area contributed by atoms with Crippen LogP contribution in [-0.2, 0) is 4.79 Å². The molecular weight excluding hydrogens is 124 g/mol. The Labute approximate surface area is 60.1 Å². The van der Waals surface area contributed by atoms with E-state index in [0.29, 0.717) is 23.0 Å². The lowest BCUT2D eigenvalue weighted by Gasteiger charge is -2.32. The third-order valence-electron chi connectivity index (χ3n) is 3.33. The first kappa shape index (κ1) is 5.11. The third kappa shape index (κ3) is 0.377. The summed E-state index contributed by atoms with van der Waals surface area (Å²) in [6, 6.07) is 0. The van der Waals surface area contributed by atoms with Crippen LogP contribution in [0.1, 0.15) is 19.3 Å². The van der Waals surface area contributed by atoms with Crippen LogP contribution in [0.5, 0.6) is 0 Å². The van der Waals surface area contributed by atoms with Gasteiger partial charge in [0.25, 0.3) is 0 Å². The summed E-state index contributed by atoms with van der Waals surface area (Å²) in [5, 5.41) is 0. The van der Waals surface area contributed by atoms with Crippen molar-refractivity contribution in [1.82, 2.24) is 0 Å². The van der Waals surface area contributed by atoms with Gasteiger partial charge in [-0.15, -0.1) is 0 Å². The first-order chi connectivity index (χ1) is 4.82. The molecule has 3 rings (SSSR count). The van der Waals surface area contributed by atoms with Gasteiger partial charge in [0.15, 0.2) is 0 Å². The molecule has 1 spiro atoms. The first-order valence-corrected chi connectivity index (χ1v) is 4.04. The minimum Gasteiger partial charge on any atom is -0.299 e. The highest BCUT2D eigenvalue weighted by atomic mass is 16.1. The summed E-state index contributed by atoms with van der Waals surface area (Å²) < 4.78 is 0. The summed E-state index contributed by atoms with van der Waals surface area (Å²) in [6.07, 6.45) is 7.95. The molecule has 3 aliphatic carbocycles. The molecule has 2 atom stereocenters. The van der Waals surface area contributed by atoms with Gasteiger partial charge in [-0.1, -0.05) is 12.2 Å². The van der Waals surface area contributed by atoms with Crippen LogP contribution >= 0.6 is 0 Å². The fourth-order valence-corrected chi connectivity index (χ4v) is 2.52. The molecule has 0 radical (unpaired) electrons. The molecule has 2 saturated carbocycles.